The normalized spacial score (nSPS) is 15.7. The first kappa shape index (κ1) is 24.2. The molecule has 2 aromatic carbocycles. The fraction of sp³-hybridized carbons (Fsp3) is 0.292. The number of carbonyl (C=O) groups is 2. The lowest BCUT2D eigenvalue weighted by atomic mass is 9.95. The second kappa shape index (κ2) is 11.4. The van der Waals surface area contributed by atoms with E-state index in [1.165, 1.54) is 0 Å². The fourth-order valence-electron chi connectivity index (χ4n) is 3.30. The quantitative estimate of drug-likeness (QED) is 0.329. The topological polar surface area (TPSA) is 89.1 Å². The van der Waals surface area contributed by atoms with Crippen LogP contribution in [0, 0.1) is 0 Å². The molecule has 1 heterocycles. The van der Waals surface area contributed by atoms with Gasteiger partial charge in [-0.05, 0) is 49.0 Å². The molecular weight excluding hydrogens is 442 g/mol. The Labute approximate surface area is 198 Å². The Balaban J connectivity index is 1.76. The molecule has 8 nitrogen and oxygen atoms in total. The summed E-state index contributed by atoms with van der Waals surface area (Å²) in [6.07, 6.45) is 0. The first-order valence-electron chi connectivity index (χ1n) is 10.4. The van der Waals surface area contributed by atoms with Crippen LogP contribution in [0.4, 0.5) is 5.69 Å². The summed E-state index contributed by atoms with van der Waals surface area (Å²) in [4.78, 5) is 27.0. The molecule has 0 fully saturated rings. The molecular formula is C24H27N3O5S. The molecule has 1 atom stereocenters. The van der Waals surface area contributed by atoms with Gasteiger partial charge in [0.05, 0.1) is 18.2 Å². The minimum Gasteiger partial charge on any atom is -0.484 e. The van der Waals surface area contributed by atoms with Gasteiger partial charge in [0.2, 0.25) is 0 Å². The van der Waals surface area contributed by atoms with E-state index < -0.39 is 12.0 Å². The number of para-hydroxylation sites is 1. The predicted octanol–water partition coefficient (Wildman–Crippen LogP) is 3.03. The molecule has 0 saturated heterocycles. The van der Waals surface area contributed by atoms with Crippen LogP contribution in [0.25, 0.3) is 0 Å². The van der Waals surface area contributed by atoms with E-state index in [1.807, 2.05) is 31.2 Å². The standard InChI is InChI=1S/C24H27N3O5S/c1-16-21(23(29)31-13-12-30-3)22(26-24(33)27(16)2)17-8-7-9-18(14-17)25-20(28)15-32-19-10-5-4-6-11-19/h4-11,14,22H,12-13,15H2,1-3H3,(H,25,28)(H,26,33). The third-order valence-corrected chi connectivity index (χ3v) is 5.50. The number of methoxy groups -OCH3 is 1. The smallest absolute Gasteiger partial charge is 0.338 e. The Bertz CT molecular complexity index is 1040. The van der Waals surface area contributed by atoms with Gasteiger partial charge < -0.3 is 29.7 Å². The van der Waals surface area contributed by atoms with Crippen molar-refractivity contribution in [2.45, 2.75) is 13.0 Å². The zero-order chi connectivity index (χ0) is 23.8. The highest BCUT2D eigenvalue weighted by Crippen LogP contribution is 2.31. The van der Waals surface area contributed by atoms with Gasteiger partial charge in [0.15, 0.2) is 11.7 Å². The number of benzene rings is 2. The van der Waals surface area contributed by atoms with Crippen molar-refractivity contribution in [1.82, 2.24) is 10.2 Å². The fourth-order valence-corrected chi connectivity index (χ4v) is 3.56. The van der Waals surface area contributed by atoms with Crippen LogP contribution in [0.15, 0.2) is 65.9 Å². The molecule has 33 heavy (non-hydrogen) atoms. The van der Waals surface area contributed by atoms with E-state index in [2.05, 4.69) is 10.6 Å². The van der Waals surface area contributed by atoms with Crippen molar-refractivity contribution in [3.8, 4) is 5.75 Å². The summed E-state index contributed by atoms with van der Waals surface area (Å²) in [5, 5.41) is 6.50. The number of nitrogens with zero attached hydrogens (tertiary/aromatic N) is 1. The number of esters is 1. The van der Waals surface area contributed by atoms with Crippen molar-refractivity contribution in [2.75, 3.05) is 39.3 Å². The Kier molecular flexibility index (Phi) is 8.39. The highest BCUT2D eigenvalue weighted by molar-refractivity contribution is 7.80. The Morgan fingerprint density at radius 3 is 2.61 bits per heavy atom. The second-order valence-corrected chi connectivity index (χ2v) is 7.73. The Morgan fingerprint density at radius 1 is 1.12 bits per heavy atom. The Hall–Kier alpha value is -3.43. The zero-order valence-corrected chi connectivity index (χ0v) is 19.6. The van der Waals surface area contributed by atoms with E-state index in [4.69, 9.17) is 26.4 Å². The van der Waals surface area contributed by atoms with Crippen molar-refractivity contribution in [1.29, 1.82) is 0 Å². The van der Waals surface area contributed by atoms with Gasteiger partial charge in [0.1, 0.15) is 12.4 Å². The van der Waals surface area contributed by atoms with Crippen molar-refractivity contribution in [3.05, 3.63) is 71.4 Å². The predicted molar refractivity (Wildman–Crippen MR) is 129 cm³/mol. The molecule has 1 unspecified atom stereocenters. The van der Waals surface area contributed by atoms with Gasteiger partial charge in [-0.2, -0.15) is 0 Å². The van der Waals surface area contributed by atoms with Crippen molar-refractivity contribution < 1.29 is 23.8 Å². The summed E-state index contributed by atoms with van der Waals surface area (Å²) in [6, 6.07) is 15.8. The summed E-state index contributed by atoms with van der Waals surface area (Å²) in [5.74, 6) is -0.140. The molecule has 1 aliphatic heterocycles. The van der Waals surface area contributed by atoms with E-state index in [0.29, 0.717) is 34.4 Å². The zero-order valence-electron chi connectivity index (χ0n) is 18.8. The van der Waals surface area contributed by atoms with Gasteiger partial charge >= 0.3 is 5.97 Å². The van der Waals surface area contributed by atoms with Gasteiger partial charge in [-0.1, -0.05) is 30.3 Å². The highest BCUT2D eigenvalue weighted by Gasteiger charge is 2.33. The van der Waals surface area contributed by atoms with Crippen LogP contribution in [-0.4, -0.2) is 55.9 Å². The molecule has 0 radical (unpaired) electrons. The van der Waals surface area contributed by atoms with E-state index in [1.54, 1.807) is 49.4 Å². The molecule has 0 saturated carbocycles. The maximum Gasteiger partial charge on any atom is 0.338 e. The van der Waals surface area contributed by atoms with E-state index in [0.717, 1.165) is 5.56 Å². The first-order valence-corrected chi connectivity index (χ1v) is 10.8. The summed E-state index contributed by atoms with van der Waals surface area (Å²) in [6.45, 7) is 2.14. The summed E-state index contributed by atoms with van der Waals surface area (Å²) >= 11 is 5.43. The van der Waals surface area contributed by atoms with Crippen LogP contribution in [0.3, 0.4) is 0 Å². The lowest BCUT2D eigenvalue weighted by molar-refractivity contribution is -0.140. The first-order chi connectivity index (χ1) is 15.9. The Morgan fingerprint density at radius 2 is 1.88 bits per heavy atom. The van der Waals surface area contributed by atoms with Gasteiger partial charge in [-0.15, -0.1) is 0 Å². The molecule has 0 bridgehead atoms. The maximum absolute atomic E-state index is 12.9. The number of hydrogen-bond donors (Lipinski definition) is 2. The van der Waals surface area contributed by atoms with E-state index in [9.17, 15) is 9.59 Å². The maximum atomic E-state index is 12.9. The van der Waals surface area contributed by atoms with Crippen LogP contribution in [0.2, 0.25) is 0 Å². The SMILES string of the molecule is COCCOC(=O)C1=C(C)N(C)C(=S)NC1c1cccc(NC(=O)COc2ccccc2)c1. The number of amides is 1. The largest absolute Gasteiger partial charge is 0.484 e. The summed E-state index contributed by atoms with van der Waals surface area (Å²) < 4.78 is 15.8. The summed E-state index contributed by atoms with van der Waals surface area (Å²) in [7, 11) is 3.33. The number of thiocarbonyl (C=S) groups is 1. The third-order valence-electron chi connectivity index (χ3n) is 5.11. The number of anilines is 1. The minimum atomic E-state index is -0.527. The van der Waals surface area contributed by atoms with Gasteiger partial charge in [0, 0.05) is 25.5 Å². The molecule has 1 aliphatic rings. The van der Waals surface area contributed by atoms with Crippen molar-refractivity contribution in [2.24, 2.45) is 0 Å². The molecule has 9 heteroatoms. The van der Waals surface area contributed by atoms with Gasteiger partial charge in [-0.3, -0.25) is 4.79 Å². The molecule has 2 N–H and O–H groups in total. The minimum absolute atomic E-state index is 0.124. The average Bonchev–Trinajstić information content (AvgIpc) is 2.82. The van der Waals surface area contributed by atoms with Crippen LogP contribution in [0.5, 0.6) is 5.75 Å². The average molecular weight is 470 g/mol. The molecule has 174 valence electrons. The monoisotopic (exact) mass is 469 g/mol. The molecule has 0 aromatic heterocycles. The van der Waals surface area contributed by atoms with E-state index >= 15 is 0 Å². The van der Waals surface area contributed by atoms with Crippen LogP contribution >= 0.6 is 12.2 Å². The number of allylic oxidation sites excluding steroid dienone is 1. The molecule has 3 rings (SSSR count). The number of ether oxygens (including phenoxy) is 3. The lowest BCUT2D eigenvalue weighted by Gasteiger charge is -2.35. The highest BCUT2D eigenvalue weighted by atomic mass is 32.1. The summed E-state index contributed by atoms with van der Waals surface area (Å²) in [5.41, 5.74) is 2.46. The van der Waals surface area contributed by atoms with Gasteiger partial charge in [-0.25, -0.2) is 4.79 Å². The lowest BCUT2D eigenvalue weighted by Crippen LogP contribution is -2.46. The van der Waals surface area contributed by atoms with Crippen molar-refractivity contribution in [3.63, 3.8) is 0 Å². The molecule has 1 amide bonds. The molecule has 0 aliphatic carbocycles. The van der Waals surface area contributed by atoms with Crippen LogP contribution in [0.1, 0.15) is 18.5 Å². The number of nitrogens with one attached hydrogen (secondary N) is 2. The van der Waals surface area contributed by atoms with Crippen LogP contribution < -0.4 is 15.4 Å². The number of carbonyl (C=O) groups excluding carboxylic acids is 2. The number of hydrogen-bond acceptors (Lipinski definition) is 6. The van der Waals surface area contributed by atoms with E-state index in [-0.39, 0.29) is 19.1 Å². The third kappa shape index (κ3) is 6.30. The molecule has 0 spiro atoms. The molecule has 2 aromatic rings. The second-order valence-electron chi connectivity index (χ2n) is 7.34. The van der Waals surface area contributed by atoms with Crippen LogP contribution in [-0.2, 0) is 19.1 Å². The van der Waals surface area contributed by atoms with Crippen molar-refractivity contribution >= 4 is 34.9 Å². The van der Waals surface area contributed by atoms with Gasteiger partial charge in [0.25, 0.3) is 5.91 Å². The number of rotatable bonds is 9.